The second-order valence-corrected chi connectivity index (χ2v) is 3.47. The fourth-order valence-corrected chi connectivity index (χ4v) is 1.33. The highest BCUT2D eigenvalue weighted by Gasteiger charge is 2.28. The van der Waals surface area contributed by atoms with E-state index in [0.717, 1.165) is 0 Å². The summed E-state index contributed by atoms with van der Waals surface area (Å²) in [6.45, 7) is -0.406. The Morgan fingerprint density at radius 3 is 2.08 bits per heavy atom. The Morgan fingerprint density at radius 2 is 1.69 bits per heavy atom. The molecule has 0 spiro atoms. The summed E-state index contributed by atoms with van der Waals surface area (Å²) in [5, 5.41) is 10.3. The molecule has 0 N–H and O–H groups in total. The highest BCUT2D eigenvalue weighted by Crippen LogP contribution is 2.36. The van der Waals surface area contributed by atoms with Crippen LogP contribution in [0.3, 0.4) is 0 Å². The fourth-order valence-electron chi connectivity index (χ4n) is 0.787. The van der Waals surface area contributed by atoms with Gasteiger partial charge in [-0.25, -0.2) is 5.11 Å². The average Bonchev–Trinajstić information content (AvgIpc) is 2.03. The molecule has 0 atom stereocenters. The number of halogens is 3. The molecule has 0 amide bonds. The standard InChI is InChI=1S/C8H6F3OS/c9-8(10,11)13-7-3-1-6(5-12)2-4-7/h1-4H,5H2. The molecule has 5 heteroatoms. The summed E-state index contributed by atoms with van der Waals surface area (Å²) in [6, 6.07) is 5.40. The Hall–Kier alpha value is -0.680. The Morgan fingerprint density at radius 1 is 1.15 bits per heavy atom. The van der Waals surface area contributed by atoms with E-state index in [0.29, 0.717) is 5.56 Å². The van der Waals surface area contributed by atoms with Crippen LogP contribution in [-0.2, 0) is 11.7 Å². The molecule has 0 aliphatic heterocycles. The summed E-state index contributed by atoms with van der Waals surface area (Å²) in [5.74, 6) is 0. The van der Waals surface area contributed by atoms with E-state index in [1.165, 1.54) is 24.3 Å². The van der Waals surface area contributed by atoms with Crippen LogP contribution in [0.2, 0.25) is 0 Å². The lowest BCUT2D eigenvalue weighted by Crippen LogP contribution is -1.98. The van der Waals surface area contributed by atoms with Crippen molar-refractivity contribution in [3.05, 3.63) is 29.8 Å². The molecule has 0 saturated carbocycles. The van der Waals surface area contributed by atoms with E-state index in [-0.39, 0.29) is 16.7 Å². The van der Waals surface area contributed by atoms with Gasteiger partial charge in [0.15, 0.2) is 0 Å². The number of hydrogen-bond acceptors (Lipinski definition) is 1. The van der Waals surface area contributed by atoms with Crippen LogP contribution in [0.5, 0.6) is 0 Å². The van der Waals surface area contributed by atoms with E-state index in [9.17, 15) is 18.3 Å². The molecule has 0 aliphatic carbocycles. The summed E-state index contributed by atoms with van der Waals surface area (Å²) in [7, 11) is 0. The molecular weight excluding hydrogens is 201 g/mol. The normalized spacial score (nSPS) is 11.7. The third kappa shape index (κ3) is 3.69. The van der Waals surface area contributed by atoms with Crippen molar-refractivity contribution in [2.24, 2.45) is 0 Å². The molecule has 0 saturated heterocycles. The molecule has 0 bridgehead atoms. The first-order valence-corrected chi connectivity index (χ1v) is 4.26. The maximum atomic E-state index is 11.8. The van der Waals surface area contributed by atoms with Crippen LogP contribution in [0.15, 0.2) is 29.2 Å². The lowest BCUT2D eigenvalue weighted by Gasteiger charge is -2.05. The third-order valence-corrected chi connectivity index (χ3v) is 2.06. The van der Waals surface area contributed by atoms with Crippen LogP contribution < -0.4 is 0 Å². The first kappa shape index (κ1) is 10.4. The first-order valence-electron chi connectivity index (χ1n) is 3.44. The van der Waals surface area contributed by atoms with E-state index >= 15 is 0 Å². The number of thioether (sulfide) groups is 1. The van der Waals surface area contributed by atoms with E-state index in [2.05, 4.69) is 0 Å². The molecule has 1 aromatic rings. The summed E-state index contributed by atoms with van der Waals surface area (Å²) in [6.07, 6.45) is 0. The number of rotatable bonds is 2. The highest BCUT2D eigenvalue weighted by atomic mass is 32.2. The second-order valence-electron chi connectivity index (χ2n) is 2.34. The van der Waals surface area contributed by atoms with Crippen LogP contribution in [0.4, 0.5) is 13.2 Å². The fraction of sp³-hybridized carbons (Fsp3) is 0.250. The van der Waals surface area contributed by atoms with E-state index < -0.39 is 12.1 Å². The van der Waals surface area contributed by atoms with Gasteiger partial charge in [-0.2, -0.15) is 13.2 Å². The molecule has 1 aromatic carbocycles. The van der Waals surface area contributed by atoms with Gasteiger partial charge >= 0.3 is 5.51 Å². The minimum Gasteiger partial charge on any atom is -0.232 e. The van der Waals surface area contributed by atoms with Crippen molar-refractivity contribution in [1.29, 1.82) is 0 Å². The molecule has 0 heterocycles. The van der Waals surface area contributed by atoms with Gasteiger partial charge < -0.3 is 0 Å². The van der Waals surface area contributed by atoms with Crippen LogP contribution in [0.25, 0.3) is 0 Å². The number of alkyl halides is 3. The molecule has 0 aromatic heterocycles. The van der Waals surface area contributed by atoms with Gasteiger partial charge in [0.1, 0.15) is 6.61 Å². The zero-order chi connectivity index (χ0) is 9.90. The van der Waals surface area contributed by atoms with Gasteiger partial charge in [0, 0.05) is 4.90 Å². The molecule has 13 heavy (non-hydrogen) atoms. The van der Waals surface area contributed by atoms with Crippen LogP contribution in [0, 0.1) is 0 Å². The molecule has 0 fully saturated rings. The van der Waals surface area contributed by atoms with Crippen LogP contribution in [-0.4, -0.2) is 5.51 Å². The minimum absolute atomic E-state index is 0.102. The summed E-state index contributed by atoms with van der Waals surface area (Å²) >= 11 is -0.182. The molecule has 1 radical (unpaired) electrons. The van der Waals surface area contributed by atoms with Crippen molar-refractivity contribution in [2.45, 2.75) is 17.0 Å². The van der Waals surface area contributed by atoms with Crippen molar-refractivity contribution < 1.29 is 18.3 Å². The molecule has 0 unspecified atom stereocenters. The van der Waals surface area contributed by atoms with Crippen molar-refractivity contribution in [3.63, 3.8) is 0 Å². The lowest BCUT2D eigenvalue weighted by molar-refractivity contribution is -0.0328. The Labute approximate surface area is 77.6 Å². The first-order chi connectivity index (χ1) is 6.01. The maximum Gasteiger partial charge on any atom is 0.446 e. The second kappa shape index (κ2) is 4.02. The monoisotopic (exact) mass is 207 g/mol. The van der Waals surface area contributed by atoms with Gasteiger partial charge in [-0.15, -0.1) is 0 Å². The molecule has 1 rings (SSSR count). The van der Waals surface area contributed by atoms with Crippen LogP contribution in [0.1, 0.15) is 5.56 Å². The Bertz CT molecular complexity index is 268. The molecule has 1 nitrogen and oxygen atoms in total. The smallest absolute Gasteiger partial charge is 0.232 e. The van der Waals surface area contributed by atoms with Gasteiger partial charge in [-0.3, -0.25) is 0 Å². The van der Waals surface area contributed by atoms with Gasteiger partial charge in [0.2, 0.25) is 0 Å². The van der Waals surface area contributed by atoms with Crippen molar-refractivity contribution >= 4 is 11.8 Å². The van der Waals surface area contributed by atoms with Gasteiger partial charge in [-0.05, 0) is 29.5 Å². The van der Waals surface area contributed by atoms with Gasteiger partial charge in [-0.1, -0.05) is 12.1 Å². The van der Waals surface area contributed by atoms with Crippen molar-refractivity contribution in [1.82, 2.24) is 0 Å². The predicted octanol–water partition coefficient (Wildman–Crippen LogP) is 3.23. The van der Waals surface area contributed by atoms with Gasteiger partial charge in [0.25, 0.3) is 0 Å². The lowest BCUT2D eigenvalue weighted by atomic mass is 10.2. The van der Waals surface area contributed by atoms with E-state index in [1.807, 2.05) is 0 Å². The van der Waals surface area contributed by atoms with Gasteiger partial charge in [0.05, 0.1) is 0 Å². The minimum atomic E-state index is -4.26. The zero-order valence-electron chi connectivity index (χ0n) is 6.47. The maximum absolute atomic E-state index is 11.8. The largest absolute Gasteiger partial charge is 0.446 e. The van der Waals surface area contributed by atoms with E-state index in [1.54, 1.807) is 0 Å². The van der Waals surface area contributed by atoms with Crippen LogP contribution >= 0.6 is 11.8 Å². The summed E-state index contributed by atoms with van der Waals surface area (Å²) in [4.78, 5) is 0.102. The predicted molar refractivity (Wildman–Crippen MR) is 42.7 cm³/mol. The highest BCUT2D eigenvalue weighted by molar-refractivity contribution is 8.00. The Kier molecular flexibility index (Phi) is 3.22. The number of hydrogen-bond donors (Lipinski definition) is 0. The van der Waals surface area contributed by atoms with Crippen molar-refractivity contribution in [3.8, 4) is 0 Å². The quantitative estimate of drug-likeness (QED) is 0.681. The van der Waals surface area contributed by atoms with E-state index in [4.69, 9.17) is 0 Å². The zero-order valence-corrected chi connectivity index (χ0v) is 7.28. The summed E-state index contributed by atoms with van der Waals surface area (Å²) < 4.78 is 35.5. The molecular formula is C8H6F3OS. The average molecular weight is 207 g/mol. The SMILES string of the molecule is [O]Cc1ccc(SC(F)(F)F)cc1. The Balaban J connectivity index is 2.70. The summed E-state index contributed by atoms with van der Waals surface area (Å²) in [5.41, 5.74) is -3.77. The topological polar surface area (TPSA) is 19.9 Å². The third-order valence-electron chi connectivity index (χ3n) is 1.32. The molecule has 0 aliphatic rings. The molecule has 71 valence electrons. The van der Waals surface area contributed by atoms with Crippen molar-refractivity contribution in [2.75, 3.05) is 0 Å². The number of benzene rings is 1.